The molecule has 0 fully saturated rings. The smallest absolute Gasteiger partial charge is 0.221 e. The molecule has 106 valence electrons. The second kappa shape index (κ2) is 6.37. The number of hydrogen-bond acceptors (Lipinski definition) is 3. The lowest BCUT2D eigenvalue weighted by molar-refractivity contribution is 0.403. The molecule has 0 saturated heterocycles. The summed E-state index contributed by atoms with van der Waals surface area (Å²) in [5.41, 5.74) is 1.29. The Labute approximate surface area is 133 Å². The summed E-state index contributed by atoms with van der Waals surface area (Å²) < 4.78 is 5.32. The van der Waals surface area contributed by atoms with Crippen LogP contribution in [-0.2, 0) is 5.75 Å². The molecule has 2 aromatic carbocycles. The van der Waals surface area contributed by atoms with Crippen LogP contribution in [0.5, 0.6) is 5.88 Å². The number of thioether (sulfide) groups is 1. The highest BCUT2D eigenvalue weighted by atomic mass is 35.5. The number of methoxy groups -OCH3 is 1. The molecule has 21 heavy (non-hydrogen) atoms. The zero-order valence-corrected chi connectivity index (χ0v) is 13.1. The van der Waals surface area contributed by atoms with Gasteiger partial charge in [-0.05, 0) is 17.7 Å². The fourth-order valence-electron chi connectivity index (χ4n) is 2.22. The fraction of sp³-hybridized carbons (Fsp3) is 0.118. The van der Waals surface area contributed by atoms with E-state index in [2.05, 4.69) is 35.3 Å². The third kappa shape index (κ3) is 2.99. The van der Waals surface area contributed by atoms with E-state index in [4.69, 9.17) is 16.3 Å². The summed E-state index contributed by atoms with van der Waals surface area (Å²) in [5, 5.41) is 2.61. The lowest BCUT2D eigenvalue weighted by Crippen LogP contribution is -1.91. The van der Waals surface area contributed by atoms with Crippen molar-refractivity contribution in [3.63, 3.8) is 0 Å². The molecule has 3 rings (SSSR count). The molecule has 1 heterocycles. The third-order valence-corrected chi connectivity index (χ3v) is 4.64. The highest BCUT2D eigenvalue weighted by molar-refractivity contribution is 7.98. The highest BCUT2D eigenvalue weighted by Gasteiger charge is 2.11. The number of halogens is 1. The van der Waals surface area contributed by atoms with E-state index in [-0.39, 0.29) is 0 Å². The Morgan fingerprint density at radius 3 is 2.67 bits per heavy atom. The van der Waals surface area contributed by atoms with Crippen molar-refractivity contribution >= 4 is 34.1 Å². The SMILES string of the molecule is COc1ncc(Cl)c2c(SCc3ccccc3)cccc12. The Bertz CT molecular complexity index is 761. The summed E-state index contributed by atoms with van der Waals surface area (Å²) in [6.07, 6.45) is 1.65. The molecule has 3 aromatic rings. The van der Waals surface area contributed by atoms with Crippen LogP contribution in [0.4, 0.5) is 0 Å². The van der Waals surface area contributed by atoms with Crippen LogP contribution in [0.25, 0.3) is 10.8 Å². The lowest BCUT2D eigenvalue weighted by atomic mass is 10.2. The predicted octanol–water partition coefficient (Wildman–Crippen LogP) is 5.19. The van der Waals surface area contributed by atoms with Gasteiger partial charge < -0.3 is 4.74 Å². The maximum Gasteiger partial charge on any atom is 0.221 e. The van der Waals surface area contributed by atoms with Crippen LogP contribution in [-0.4, -0.2) is 12.1 Å². The van der Waals surface area contributed by atoms with E-state index in [1.807, 2.05) is 18.2 Å². The first-order valence-corrected chi connectivity index (χ1v) is 7.94. The molecule has 2 nitrogen and oxygen atoms in total. The standard InChI is InChI=1S/C17H14ClNOS/c1-20-17-13-8-5-9-15(16(13)14(18)10-19-17)21-11-12-6-3-2-4-7-12/h2-10H,11H2,1H3. The van der Waals surface area contributed by atoms with Crippen molar-refractivity contribution in [2.45, 2.75) is 10.6 Å². The van der Waals surface area contributed by atoms with Crippen molar-refractivity contribution < 1.29 is 4.74 Å². The highest BCUT2D eigenvalue weighted by Crippen LogP contribution is 2.37. The second-order valence-corrected chi connectivity index (χ2v) is 5.99. The number of nitrogens with zero attached hydrogens (tertiary/aromatic N) is 1. The van der Waals surface area contributed by atoms with Crippen LogP contribution in [0.1, 0.15) is 5.56 Å². The molecule has 0 aliphatic heterocycles. The van der Waals surface area contributed by atoms with Gasteiger partial charge in [-0.3, -0.25) is 0 Å². The zero-order chi connectivity index (χ0) is 14.7. The molecule has 0 aliphatic rings. The number of ether oxygens (including phenoxy) is 1. The van der Waals surface area contributed by atoms with Crippen molar-refractivity contribution in [3.8, 4) is 5.88 Å². The maximum absolute atomic E-state index is 6.34. The molecule has 0 bridgehead atoms. The van der Waals surface area contributed by atoms with Crippen LogP contribution in [0.15, 0.2) is 59.6 Å². The summed E-state index contributed by atoms with van der Waals surface area (Å²) in [5.74, 6) is 1.51. The van der Waals surface area contributed by atoms with Crippen molar-refractivity contribution in [1.82, 2.24) is 4.98 Å². The van der Waals surface area contributed by atoms with Gasteiger partial charge in [0.25, 0.3) is 0 Å². The largest absolute Gasteiger partial charge is 0.481 e. The van der Waals surface area contributed by atoms with E-state index in [0.29, 0.717) is 10.9 Å². The van der Waals surface area contributed by atoms with Crippen LogP contribution in [0, 0.1) is 0 Å². The topological polar surface area (TPSA) is 22.1 Å². The number of pyridine rings is 1. The van der Waals surface area contributed by atoms with E-state index in [1.165, 1.54) is 5.56 Å². The average molecular weight is 316 g/mol. The van der Waals surface area contributed by atoms with E-state index < -0.39 is 0 Å². The molecule has 0 amide bonds. The number of fused-ring (bicyclic) bond motifs is 1. The summed E-state index contributed by atoms with van der Waals surface area (Å²) >= 11 is 8.11. The van der Waals surface area contributed by atoms with E-state index >= 15 is 0 Å². The predicted molar refractivity (Wildman–Crippen MR) is 89.3 cm³/mol. The van der Waals surface area contributed by atoms with Gasteiger partial charge in [-0.2, -0.15) is 0 Å². The zero-order valence-electron chi connectivity index (χ0n) is 11.5. The summed E-state index contributed by atoms with van der Waals surface area (Å²) in [6, 6.07) is 16.5. The van der Waals surface area contributed by atoms with E-state index in [1.54, 1.807) is 25.1 Å². The van der Waals surface area contributed by atoms with Crippen LogP contribution in [0.2, 0.25) is 5.02 Å². The van der Waals surface area contributed by atoms with Gasteiger partial charge >= 0.3 is 0 Å². The minimum Gasteiger partial charge on any atom is -0.481 e. The average Bonchev–Trinajstić information content (AvgIpc) is 2.54. The monoisotopic (exact) mass is 315 g/mol. The van der Waals surface area contributed by atoms with Gasteiger partial charge in [0.15, 0.2) is 0 Å². The molecular weight excluding hydrogens is 302 g/mol. The third-order valence-electron chi connectivity index (χ3n) is 3.22. The lowest BCUT2D eigenvalue weighted by Gasteiger charge is -2.10. The van der Waals surface area contributed by atoms with Crippen LogP contribution in [0.3, 0.4) is 0 Å². The Hall–Kier alpha value is -1.71. The minimum atomic E-state index is 0.608. The number of benzene rings is 2. The van der Waals surface area contributed by atoms with Crippen LogP contribution >= 0.6 is 23.4 Å². The van der Waals surface area contributed by atoms with E-state index in [9.17, 15) is 0 Å². The Kier molecular flexibility index (Phi) is 4.32. The second-order valence-electron chi connectivity index (χ2n) is 4.57. The van der Waals surface area contributed by atoms with Gasteiger partial charge in [-0.15, -0.1) is 11.8 Å². The first-order chi connectivity index (χ1) is 10.3. The Balaban J connectivity index is 1.99. The molecular formula is C17H14ClNOS. The maximum atomic E-state index is 6.34. The minimum absolute atomic E-state index is 0.608. The first kappa shape index (κ1) is 14.2. The summed E-state index contributed by atoms with van der Waals surface area (Å²) in [7, 11) is 1.62. The summed E-state index contributed by atoms with van der Waals surface area (Å²) in [6.45, 7) is 0. The number of rotatable bonds is 4. The van der Waals surface area contributed by atoms with Crippen molar-refractivity contribution in [2.24, 2.45) is 0 Å². The molecule has 0 N–H and O–H groups in total. The van der Waals surface area contributed by atoms with Gasteiger partial charge in [-0.25, -0.2) is 4.98 Å². The van der Waals surface area contributed by atoms with Gasteiger partial charge in [0.1, 0.15) is 0 Å². The van der Waals surface area contributed by atoms with Gasteiger partial charge in [0.2, 0.25) is 5.88 Å². The molecule has 4 heteroatoms. The van der Waals surface area contributed by atoms with Crippen molar-refractivity contribution in [1.29, 1.82) is 0 Å². The van der Waals surface area contributed by atoms with Crippen molar-refractivity contribution in [3.05, 3.63) is 65.3 Å². The normalized spacial score (nSPS) is 10.8. The Morgan fingerprint density at radius 2 is 1.90 bits per heavy atom. The molecule has 0 spiro atoms. The summed E-state index contributed by atoms with van der Waals surface area (Å²) in [4.78, 5) is 5.36. The van der Waals surface area contributed by atoms with Crippen LogP contribution < -0.4 is 4.74 Å². The molecule has 0 atom stereocenters. The van der Waals surface area contributed by atoms with Gasteiger partial charge in [0, 0.05) is 21.4 Å². The van der Waals surface area contributed by atoms with Gasteiger partial charge in [0.05, 0.1) is 18.3 Å². The fourth-order valence-corrected chi connectivity index (χ4v) is 3.59. The Morgan fingerprint density at radius 1 is 1.10 bits per heavy atom. The first-order valence-electron chi connectivity index (χ1n) is 6.57. The van der Waals surface area contributed by atoms with Gasteiger partial charge in [-0.1, -0.05) is 48.0 Å². The molecule has 1 aromatic heterocycles. The number of aromatic nitrogens is 1. The molecule has 0 radical (unpaired) electrons. The quantitative estimate of drug-likeness (QED) is 0.619. The number of hydrogen-bond donors (Lipinski definition) is 0. The molecule has 0 saturated carbocycles. The molecule has 0 unspecified atom stereocenters. The van der Waals surface area contributed by atoms with Crippen molar-refractivity contribution in [2.75, 3.05) is 7.11 Å². The van der Waals surface area contributed by atoms with E-state index in [0.717, 1.165) is 21.4 Å². The molecule has 0 aliphatic carbocycles.